The van der Waals surface area contributed by atoms with Crippen LogP contribution in [0.2, 0.25) is 0 Å². The van der Waals surface area contributed by atoms with Gasteiger partial charge in [0.15, 0.2) is 0 Å². The van der Waals surface area contributed by atoms with Gasteiger partial charge < -0.3 is 28.6 Å². The van der Waals surface area contributed by atoms with Crippen LogP contribution in [-0.2, 0) is 18.6 Å². The van der Waals surface area contributed by atoms with Gasteiger partial charge in [0.1, 0.15) is 11.5 Å². The average molecular weight is 1210 g/mol. The highest BCUT2D eigenvalue weighted by Crippen LogP contribution is 2.35. The van der Waals surface area contributed by atoms with Gasteiger partial charge in [0.2, 0.25) is 22.8 Å². The first-order valence-electron chi connectivity index (χ1n) is 28.1. The molecule has 4 aliphatic rings. The maximum absolute atomic E-state index is 6.96. The van der Waals surface area contributed by atoms with Crippen LogP contribution in [-0.4, -0.2) is 45.2 Å². The number of hydrogen-bond acceptors (Lipinski definition) is 4. The summed E-state index contributed by atoms with van der Waals surface area (Å²) in [5.74, 6) is 2.86. The molecular weight excluding hydrogens is 1150 g/mol. The molecule has 0 saturated carbocycles. The number of aromatic nitrogens is 2. The number of hydrogen-bond donors (Lipinski definition) is 4. The molecule has 0 radical (unpaired) electrons. The van der Waals surface area contributed by atoms with Crippen LogP contribution in [0.25, 0.3) is 34.0 Å². The molecule has 0 saturated heterocycles. The van der Waals surface area contributed by atoms with Crippen molar-refractivity contribution in [3.05, 3.63) is 349 Å². The second kappa shape index (κ2) is 28.0. The minimum absolute atomic E-state index is 0.194. The Bertz CT molecular complexity index is 3790. The van der Waals surface area contributed by atoms with Gasteiger partial charge in [-0.25, -0.2) is 9.98 Å². The first-order valence-corrected chi connectivity index (χ1v) is 30.2. The molecule has 2 aromatic heterocycles. The normalized spacial score (nSPS) is 16.7. The van der Waals surface area contributed by atoms with Crippen molar-refractivity contribution in [1.29, 1.82) is 0 Å². The molecule has 0 aliphatic carbocycles. The Morgan fingerprint density at radius 2 is 0.547 bits per heavy atom. The van der Waals surface area contributed by atoms with Crippen molar-refractivity contribution in [3.63, 3.8) is 0 Å². The predicted molar refractivity (Wildman–Crippen MR) is 357 cm³/mol. The average Bonchev–Trinajstić information content (AvgIpc) is 2.25. The number of nitrogens with one attached hydrogen (secondary N) is 4. The van der Waals surface area contributed by atoms with Crippen molar-refractivity contribution in [2.75, 3.05) is 10.7 Å². The predicted octanol–water partition coefficient (Wildman–Crippen LogP) is 12.2. The van der Waals surface area contributed by atoms with Gasteiger partial charge in [0.05, 0.1) is 33.6 Å². The van der Waals surface area contributed by atoms with Crippen molar-refractivity contribution in [2.45, 2.75) is 0 Å². The molecule has 14 rings (SSSR count). The minimum Gasteiger partial charge on any atom is -0.674 e. The lowest BCUT2D eigenvalue weighted by molar-refractivity contribution is -0.388. The van der Waals surface area contributed by atoms with Gasteiger partial charge in [-0.2, -0.15) is 0 Å². The molecule has 8 nitrogen and oxygen atoms in total. The Labute approximate surface area is 521 Å². The molecule has 0 bridgehead atoms. The Kier molecular flexibility index (Phi) is 19.0. The van der Waals surface area contributed by atoms with Gasteiger partial charge in [-0.1, -0.05) is 218 Å². The van der Waals surface area contributed by atoms with Crippen LogP contribution in [0.4, 0.5) is 0 Å². The Morgan fingerprint density at radius 3 is 0.837 bits per heavy atom. The molecule has 4 N–H and O–H groups in total. The monoisotopic (exact) mass is 1200 g/mol. The van der Waals surface area contributed by atoms with Crippen molar-refractivity contribution in [1.82, 2.24) is 9.97 Å². The summed E-state index contributed by atoms with van der Waals surface area (Å²) in [5, 5.41) is 0.389. The molecule has 0 fully saturated rings. The molecule has 0 spiro atoms. The molecule has 6 heterocycles. The zero-order valence-corrected chi connectivity index (χ0v) is 49.6. The fraction of sp³-hybridized carbons (Fsp3) is 0.0278. The molecule has 4 aliphatic heterocycles. The SMILES string of the molecule is C1=C/C(=C2\C=C(c3ccc(-c4ccccc4)[nH]3)O[B-](c3ccccc3)(c3ccccc3)O2)[NH+]=C1c1ccccc1.C1=C/C(=C2\C=C(c3ccc(-c4ccccc4)[nH]3)O[B-](c3ccccc3)(c3ccccc3)O2)[NH+]=C1c1ccccc1.ClCCl.ClCCl. The van der Waals surface area contributed by atoms with Crippen molar-refractivity contribution in [2.24, 2.45) is 0 Å². The second-order valence-electron chi connectivity index (χ2n) is 20.1. The molecule has 0 unspecified atom stereocenters. The summed E-state index contributed by atoms with van der Waals surface area (Å²) in [6.45, 7) is -4.21. The van der Waals surface area contributed by atoms with Crippen LogP contribution in [0.15, 0.2) is 326 Å². The van der Waals surface area contributed by atoms with E-state index in [9.17, 15) is 0 Å². The van der Waals surface area contributed by atoms with Gasteiger partial charge in [0, 0.05) is 59.0 Å². The van der Waals surface area contributed by atoms with Crippen molar-refractivity contribution in [3.8, 4) is 22.5 Å². The van der Waals surface area contributed by atoms with E-state index in [0.29, 0.717) is 23.0 Å². The number of alkyl halides is 4. The lowest BCUT2D eigenvalue weighted by Gasteiger charge is -2.47. The fourth-order valence-electron chi connectivity index (χ4n) is 10.8. The van der Waals surface area contributed by atoms with Gasteiger partial charge in [-0.05, 0) is 59.7 Å². The van der Waals surface area contributed by atoms with E-state index < -0.39 is 13.1 Å². The summed E-state index contributed by atoms with van der Waals surface area (Å²) in [6, 6.07) is 90.3. The maximum Gasteiger partial charge on any atom is 0.406 e. The third-order valence-electron chi connectivity index (χ3n) is 14.8. The molecule has 8 aromatic carbocycles. The minimum atomic E-state index is -2.10. The summed E-state index contributed by atoms with van der Waals surface area (Å²) in [7, 11) is 0. The largest absolute Gasteiger partial charge is 0.674 e. The van der Waals surface area contributed by atoms with Crippen LogP contribution in [0.3, 0.4) is 0 Å². The molecular formula is C72H58B2Cl4N4O4. The number of H-pyrrole nitrogens is 2. The standard InChI is InChI=1S/2C35H26BN2O2.2CH2Cl2/c2*1-5-13-26(14-6-1)30-21-23-32(37-30)34-25-35(33-24-22-31(38-33)27-15-7-2-8-16-27)40-36(39-34,28-17-9-3-10-18-28)29-19-11-4-12-20-29;2*2-1-3/h2*1-25,37H;2*1H2/q2*-1;;/p+2/b2*35-33-;;. The van der Waals surface area contributed by atoms with E-state index in [0.717, 1.165) is 89.7 Å². The first-order chi connectivity index (χ1) is 42.4. The summed E-state index contributed by atoms with van der Waals surface area (Å²) in [6.07, 6.45) is 12.3. The highest BCUT2D eigenvalue weighted by molar-refractivity contribution is 6.94. The Morgan fingerprint density at radius 1 is 0.291 bits per heavy atom. The third kappa shape index (κ3) is 13.3. The Balaban J connectivity index is 0.000000164. The molecule has 86 heavy (non-hydrogen) atoms. The summed E-state index contributed by atoms with van der Waals surface area (Å²) < 4.78 is 27.8. The summed E-state index contributed by atoms with van der Waals surface area (Å²) >= 11 is 19.1. The second-order valence-corrected chi connectivity index (χ2v) is 21.7. The number of allylic oxidation sites excluding steroid dienone is 6. The van der Waals surface area contributed by atoms with E-state index in [1.165, 1.54) is 0 Å². The van der Waals surface area contributed by atoms with E-state index >= 15 is 0 Å². The lowest BCUT2D eigenvalue weighted by atomic mass is 9.45. The van der Waals surface area contributed by atoms with Crippen LogP contribution < -0.4 is 31.8 Å². The summed E-state index contributed by atoms with van der Waals surface area (Å²) in [5.41, 5.74) is 15.9. The van der Waals surface area contributed by atoms with Crippen molar-refractivity contribution >= 4 is 104 Å². The molecule has 14 heteroatoms. The van der Waals surface area contributed by atoms with E-state index in [1.807, 2.05) is 158 Å². The van der Waals surface area contributed by atoms with Crippen LogP contribution in [0, 0.1) is 0 Å². The van der Waals surface area contributed by atoms with Gasteiger partial charge in [-0.15, -0.1) is 68.3 Å². The van der Waals surface area contributed by atoms with Crippen LogP contribution in [0.5, 0.6) is 0 Å². The zero-order valence-electron chi connectivity index (χ0n) is 46.6. The molecule has 10 aromatic rings. The fourth-order valence-corrected chi connectivity index (χ4v) is 10.8. The van der Waals surface area contributed by atoms with Gasteiger partial charge in [0.25, 0.3) is 0 Å². The van der Waals surface area contributed by atoms with Gasteiger partial charge in [-0.3, -0.25) is 0 Å². The number of halogens is 4. The highest BCUT2D eigenvalue weighted by atomic mass is 35.5. The smallest absolute Gasteiger partial charge is 0.406 e. The number of benzene rings is 8. The summed E-state index contributed by atoms with van der Waals surface area (Å²) in [4.78, 5) is 14.3. The maximum atomic E-state index is 6.96. The molecule has 424 valence electrons. The van der Waals surface area contributed by atoms with E-state index in [2.05, 4.69) is 166 Å². The van der Waals surface area contributed by atoms with Crippen LogP contribution in [0.1, 0.15) is 22.5 Å². The van der Waals surface area contributed by atoms with Crippen LogP contribution >= 0.6 is 46.4 Å². The Hall–Kier alpha value is -9.41. The molecule has 0 atom stereocenters. The topological polar surface area (TPSA) is 96.4 Å². The number of rotatable bonds is 10. The highest BCUT2D eigenvalue weighted by Gasteiger charge is 2.42. The zero-order chi connectivity index (χ0) is 59.0. The van der Waals surface area contributed by atoms with E-state index in [1.54, 1.807) is 0 Å². The number of aromatic amines is 2. The van der Waals surface area contributed by atoms with Crippen molar-refractivity contribution < 1.29 is 28.6 Å². The quantitative estimate of drug-likeness (QED) is 0.0810. The van der Waals surface area contributed by atoms with E-state index in [-0.39, 0.29) is 10.7 Å². The van der Waals surface area contributed by atoms with Gasteiger partial charge >= 0.3 is 13.1 Å². The molecule has 0 amide bonds. The lowest BCUT2D eigenvalue weighted by Crippen LogP contribution is -2.70. The first kappa shape index (κ1) is 58.4. The third-order valence-corrected chi connectivity index (χ3v) is 14.8. The van der Waals surface area contributed by atoms with E-state index in [4.69, 9.17) is 65.0 Å².